The molecule has 0 radical (unpaired) electrons. The van der Waals surface area contributed by atoms with Crippen molar-refractivity contribution >= 4 is 33.0 Å². The maximum Gasteiger partial charge on any atom is 0.149 e. The van der Waals surface area contributed by atoms with Gasteiger partial charge in [-0.2, -0.15) is 0 Å². The lowest BCUT2D eigenvalue weighted by Gasteiger charge is -2.11. The molecular weight excluding hydrogens is 382 g/mol. The van der Waals surface area contributed by atoms with Gasteiger partial charge in [0.1, 0.15) is 17.0 Å². The lowest BCUT2D eigenvalue weighted by molar-refractivity contribution is 0.669. The van der Waals surface area contributed by atoms with E-state index in [1.165, 1.54) is 11.1 Å². The summed E-state index contributed by atoms with van der Waals surface area (Å²) in [6.07, 6.45) is 1.82. The second kappa shape index (κ2) is 6.54. The van der Waals surface area contributed by atoms with Crippen LogP contribution in [0, 0.1) is 20.8 Å². The van der Waals surface area contributed by atoms with Gasteiger partial charge in [-0.05, 0) is 62.2 Å². The van der Waals surface area contributed by atoms with E-state index in [1.54, 1.807) is 0 Å². The molecule has 3 aromatic carbocycles. The van der Waals surface area contributed by atoms with Crippen LogP contribution in [0.1, 0.15) is 16.8 Å². The number of pyridine rings is 1. The van der Waals surface area contributed by atoms with Crippen molar-refractivity contribution < 1.29 is 4.42 Å². The van der Waals surface area contributed by atoms with E-state index in [0.29, 0.717) is 0 Å². The summed E-state index contributed by atoms with van der Waals surface area (Å²) in [5.74, 6) is 0.859. The van der Waals surface area contributed by atoms with Crippen LogP contribution in [0.15, 0.2) is 77.3 Å². The Bertz CT molecular complexity index is 1610. The molecule has 0 bridgehead atoms. The van der Waals surface area contributed by atoms with Crippen molar-refractivity contribution in [3.05, 3.63) is 89.7 Å². The number of hydrogen-bond donors (Lipinski definition) is 0. The Hall–Kier alpha value is -3.92. The average Bonchev–Trinajstić information content (AvgIpc) is 3.34. The summed E-state index contributed by atoms with van der Waals surface area (Å²) in [5, 5.41) is 2.29. The number of furan rings is 1. The number of rotatable bonds is 2. The molecule has 150 valence electrons. The molecule has 0 atom stereocenters. The predicted molar refractivity (Wildman–Crippen MR) is 126 cm³/mol. The van der Waals surface area contributed by atoms with Gasteiger partial charge in [0.2, 0.25) is 0 Å². The van der Waals surface area contributed by atoms with E-state index in [1.807, 2.05) is 37.4 Å². The highest BCUT2D eigenvalue weighted by atomic mass is 16.3. The Morgan fingerprint density at radius 1 is 0.871 bits per heavy atom. The number of imidazole rings is 1. The van der Waals surface area contributed by atoms with Gasteiger partial charge >= 0.3 is 0 Å². The molecule has 4 nitrogen and oxygen atoms in total. The van der Waals surface area contributed by atoms with Crippen LogP contribution in [-0.2, 0) is 0 Å². The molecule has 0 aliphatic rings. The molecule has 0 spiro atoms. The number of hydrogen-bond acceptors (Lipinski definition) is 3. The minimum absolute atomic E-state index is 0.859. The average molecular weight is 403 g/mol. The van der Waals surface area contributed by atoms with Crippen LogP contribution >= 0.6 is 0 Å². The lowest BCUT2D eigenvalue weighted by atomic mass is 10.0. The van der Waals surface area contributed by atoms with Crippen molar-refractivity contribution in [2.75, 3.05) is 0 Å². The number of fused-ring (bicyclic) bond motifs is 4. The van der Waals surface area contributed by atoms with Gasteiger partial charge in [-0.25, -0.2) is 4.98 Å². The third kappa shape index (κ3) is 2.61. The van der Waals surface area contributed by atoms with Crippen molar-refractivity contribution in [2.24, 2.45) is 0 Å². The quantitative estimate of drug-likeness (QED) is 0.315. The zero-order valence-electron chi connectivity index (χ0n) is 17.7. The van der Waals surface area contributed by atoms with Gasteiger partial charge in [-0.3, -0.25) is 9.55 Å². The Balaban J connectivity index is 1.77. The predicted octanol–water partition coefficient (Wildman–Crippen LogP) is 6.91. The van der Waals surface area contributed by atoms with Crippen LogP contribution in [0.3, 0.4) is 0 Å². The minimum atomic E-state index is 0.859. The Morgan fingerprint density at radius 2 is 1.71 bits per heavy atom. The number of benzene rings is 3. The molecule has 0 saturated carbocycles. The minimum Gasteiger partial charge on any atom is -0.455 e. The number of para-hydroxylation sites is 1. The van der Waals surface area contributed by atoms with Crippen molar-refractivity contribution in [3.8, 4) is 17.1 Å². The zero-order chi connectivity index (χ0) is 21.1. The van der Waals surface area contributed by atoms with E-state index in [9.17, 15) is 0 Å². The van der Waals surface area contributed by atoms with Gasteiger partial charge in [-0.15, -0.1) is 0 Å². The van der Waals surface area contributed by atoms with Crippen LogP contribution in [0.2, 0.25) is 0 Å². The molecule has 0 amide bonds. The molecule has 0 fully saturated rings. The largest absolute Gasteiger partial charge is 0.455 e. The summed E-state index contributed by atoms with van der Waals surface area (Å²) in [7, 11) is 0. The summed E-state index contributed by atoms with van der Waals surface area (Å²) in [5.41, 5.74) is 9.08. The van der Waals surface area contributed by atoms with E-state index in [-0.39, 0.29) is 0 Å². The summed E-state index contributed by atoms with van der Waals surface area (Å²) < 4.78 is 8.64. The summed E-state index contributed by atoms with van der Waals surface area (Å²) in [6, 6.07) is 23.0. The molecule has 0 aliphatic heterocycles. The molecule has 0 saturated heterocycles. The van der Waals surface area contributed by atoms with Crippen LogP contribution in [0.5, 0.6) is 0 Å². The van der Waals surface area contributed by atoms with Crippen LogP contribution < -0.4 is 0 Å². The van der Waals surface area contributed by atoms with Crippen molar-refractivity contribution in [2.45, 2.75) is 20.8 Å². The Kier molecular flexibility index (Phi) is 3.78. The number of nitrogens with zero attached hydrogens (tertiary/aromatic N) is 3. The van der Waals surface area contributed by atoms with Crippen molar-refractivity contribution in [1.29, 1.82) is 0 Å². The normalized spacial score (nSPS) is 11.7. The zero-order valence-corrected chi connectivity index (χ0v) is 17.7. The molecular formula is C27H21N3O. The van der Waals surface area contributed by atoms with Crippen LogP contribution in [0.25, 0.3) is 50.0 Å². The highest BCUT2D eigenvalue weighted by molar-refractivity contribution is 6.11. The fraction of sp³-hybridized carbons (Fsp3) is 0.111. The van der Waals surface area contributed by atoms with Gasteiger partial charge in [0.25, 0.3) is 0 Å². The lowest BCUT2D eigenvalue weighted by Crippen LogP contribution is -1.99. The van der Waals surface area contributed by atoms with E-state index in [0.717, 1.165) is 55.7 Å². The van der Waals surface area contributed by atoms with Crippen LogP contribution in [-0.4, -0.2) is 14.5 Å². The third-order valence-electron chi connectivity index (χ3n) is 5.99. The fourth-order valence-corrected chi connectivity index (χ4v) is 4.52. The molecule has 6 rings (SSSR count). The Morgan fingerprint density at radius 3 is 2.55 bits per heavy atom. The standard InChI is InChI=1S/C27H21N3O/c1-16-9-11-20-23(15-16)31-26-21(12-10-17(2)24(20)26)27-29-22-13-14-28-18(3)25(22)30(27)19-7-5-4-6-8-19/h4-15H,1-3H3. The Labute approximate surface area is 179 Å². The number of aryl methyl sites for hydroxylation is 3. The van der Waals surface area contributed by atoms with Gasteiger partial charge in [0.15, 0.2) is 0 Å². The molecule has 3 aromatic heterocycles. The second-order valence-corrected chi connectivity index (χ2v) is 8.11. The van der Waals surface area contributed by atoms with E-state index in [2.05, 4.69) is 65.9 Å². The molecule has 0 aliphatic carbocycles. The maximum absolute atomic E-state index is 6.45. The molecule has 0 unspecified atom stereocenters. The van der Waals surface area contributed by atoms with Gasteiger partial charge in [0, 0.05) is 22.7 Å². The van der Waals surface area contributed by atoms with Crippen molar-refractivity contribution in [3.63, 3.8) is 0 Å². The molecule has 31 heavy (non-hydrogen) atoms. The first-order valence-electron chi connectivity index (χ1n) is 10.4. The van der Waals surface area contributed by atoms with E-state index >= 15 is 0 Å². The summed E-state index contributed by atoms with van der Waals surface area (Å²) in [6.45, 7) is 6.25. The smallest absolute Gasteiger partial charge is 0.149 e. The molecule has 4 heteroatoms. The monoisotopic (exact) mass is 403 g/mol. The molecule has 6 aromatic rings. The van der Waals surface area contributed by atoms with Gasteiger partial charge < -0.3 is 4.42 Å². The molecule has 3 heterocycles. The maximum atomic E-state index is 6.45. The second-order valence-electron chi connectivity index (χ2n) is 8.11. The first-order chi connectivity index (χ1) is 15.1. The van der Waals surface area contributed by atoms with Crippen molar-refractivity contribution in [1.82, 2.24) is 14.5 Å². The summed E-state index contributed by atoms with van der Waals surface area (Å²) in [4.78, 5) is 9.59. The van der Waals surface area contributed by atoms with E-state index < -0.39 is 0 Å². The SMILES string of the molecule is Cc1ccc2c(c1)oc1c(-c3nc4ccnc(C)c4n3-c3ccccc3)ccc(C)c12. The highest BCUT2D eigenvalue weighted by Gasteiger charge is 2.21. The first-order valence-corrected chi connectivity index (χ1v) is 10.4. The molecule has 0 N–H and O–H groups in total. The highest BCUT2D eigenvalue weighted by Crippen LogP contribution is 2.39. The van der Waals surface area contributed by atoms with E-state index in [4.69, 9.17) is 9.40 Å². The van der Waals surface area contributed by atoms with Crippen LogP contribution in [0.4, 0.5) is 0 Å². The van der Waals surface area contributed by atoms with Gasteiger partial charge in [-0.1, -0.05) is 36.4 Å². The summed E-state index contributed by atoms with van der Waals surface area (Å²) >= 11 is 0. The third-order valence-corrected chi connectivity index (χ3v) is 5.99. The van der Waals surface area contributed by atoms with Gasteiger partial charge in [0.05, 0.1) is 22.3 Å². The number of aromatic nitrogens is 3. The first kappa shape index (κ1) is 17.9. The topological polar surface area (TPSA) is 43.9 Å². The fourth-order valence-electron chi connectivity index (χ4n) is 4.52.